The van der Waals surface area contributed by atoms with Crippen LogP contribution in [0.5, 0.6) is 0 Å². The molecule has 1 fully saturated rings. The van der Waals surface area contributed by atoms with E-state index in [2.05, 4.69) is 5.32 Å². The lowest BCUT2D eigenvalue weighted by Gasteiger charge is -2.19. The van der Waals surface area contributed by atoms with Gasteiger partial charge in [-0.25, -0.2) is 9.18 Å². The number of hydrogen-bond acceptors (Lipinski definition) is 2. The second kappa shape index (κ2) is 6.93. The lowest BCUT2D eigenvalue weighted by Crippen LogP contribution is -2.37. The fraction of sp³-hybridized carbons (Fsp3) is 0.263. The van der Waals surface area contributed by atoms with Crippen LogP contribution in [-0.4, -0.2) is 36.5 Å². The molecule has 0 unspecified atom stereocenters. The van der Waals surface area contributed by atoms with Crippen molar-refractivity contribution in [3.8, 4) is 0 Å². The summed E-state index contributed by atoms with van der Waals surface area (Å²) in [6, 6.07) is 11.6. The van der Waals surface area contributed by atoms with Crippen LogP contribution in [0.25, 0.3) is 0 Å². The Kier molecular flexibility index (Phi) is 4.70. The van der Waals surface area contributed by atoms with E-state index in [0.717, 1.165) is 16.8 Å². The third kappa shape index (κ3) is 3.47. The summed E-state index contributed by atoms with van der Waals surface area (Å²) in [6.07, 6.45) is 0. The highest BCUT2D eigenvalue weighted by atomic mass is 19.1. The molecule has 1 N–H and O–H groups in total. The zero-order valence-electron chi connectivity index (χ0n) is 14.3. The van der Waals surface area contributed by atoms with Gasteiger partial charge in [0.2, 0.25) is 5.91 Å². The maximum atomic E-state index is 13.9. The van der Waals surface area contributed by atoms with Crippen LogP contribution in [0.3, 0.4) is 0 Å². The molecule has 1 heterocycles. The van der Waals surface area contributed by atoms with Gasteiger partial charge < -0.3 is 10.2 Å². The number of urea groups is 1. The van der Waals surface area contributed by atoms with Crippen molar-refractivity contribution in [3.63, 3.8) is 0 Å². The molecule has 2 aromatic carbocycles. The number of carbonyl (C=O) groups excluding carboxylic acids is 2. The fourth-order valence-corrected chi connectivity index (χ4v) is 2.99. The highest BCUT2D eigenvalue weighted by molar-refractivity contribution is 5.99. The van der Waals surface area contributed by atoms with Crippen LogP contribution < -0.4 is 10.2 Å². The molecule has 3 amide bonds. The van der Waals surface area contributed by atoms with Gasteiger partial charge in [-0.3, -0.25) is 9.69 Å². The third-order valence-corrected chi connectivity index (χ3v) is 4.32. The molecule has 0 atom stereocenters. The molecule has 0 bridgehead atoms. The van der Waals surface area contributed by atoms with Crippen LogP contribution in [0.4, 0.5) is 20.6 Å². The van der Waals surface area contributed by atoms with Crippen molar-refractivity contribution in [2.75, 3.05) is 29.9 Å². The quantitative estimate of drug-likeness (QED) is 0.927. The molecule has 3 rings (SSSR count). The van der Waals surface area contributed by atoms with Crippen molar-refractivity contribution in [3.05, 3.63) is 59.4 Å². The van der Waals surface area contributed by atoms with Crippen LogP contribution in [0.1, 0.15) is 11.1 Å². The number of para-hydroxylation sites is 2. The minimum Gasteiger partial charge on any atom is -0.324 e. The molecule has 130 valence electrons. The maximum absolute atomic E-state index is 13.9. The van der Waals surface area contributed by atoms with Gasteiger partial charge in [0.15, 0.2) is 0 Å². The van der Waals surface area contributed by atoms with Crippen molar-refractivity contribution < 1.29 is 14.0 Å². The van der Waals surface area contributed by atoms with Gasteiger partial charge in [0, 0.05) is 18.8 Å². The van der Waals surface area contributed by atoms with Crippen molar-refractivity contribution >= 4 is 23.3 Å². The summed E-state index contributed by atoms with van der Waals surface area (Å²) in [4.78, 5) is 27.6. The van der Waals surface area contributed by atoms with Crippen LogP contribution >= 0.6 is 0 Å². The SMILES string of the molecule is Cc1cccc(C)c1NC(=O)CN1CCN(c2ccccc2F)C1=O. The molecule has 5 nitrogen and oxygen atoms in total. The first-order valence-electron chi connectivity index (χ1n) is 8.14. The van der Waals surface area contributed by atoms with Gasteiger partial charge in [0.25, 0.3) is 0 Å². The predicted molar refractivity (Wildman–Crippen MR) is 95.3 cm³/mol. The molecular weight excluding hydrogens is 321 g/mol. The van der Waals surface area contributed by atoms with Crippen molar-refractivity contribution in [1.82, 2.24) is 4.90 Å². The zero-order chi connectivity index (χ0) is 18.0. The van der Waals surface area contributed by atoms with Gasteiger partial charge in [0.05, 0.1) is 5.69 Å². The van der Waals surface area contributed by atoms with E-state index in [0.29, 0.717) is 13.1 Å². The van der Waals surface area contributed by atoms with Gasteiger partial charge in [-0.05, 0) is 37.1 Å². The number of nitrogens with zero attached hydrogens (tertiary/aromatic N) is 2. The molecule has 0 spiro atoms. The molecule has 0 saturated carbocycles. The molecule has 0 aromatic heterocycles. The number of benzene rings is 2. The number of anilines is 2. The molecule has 25 heavy (non-hydrogen) atoms. The van der Waals surface area contributed by atoms with Crippen LogP contribution in [0.15, 0.2) is 42.5 Å². The van der Waals surface area contributed by atoms with Crippen LogP contribution in [0, 0.1) is 19.7 Å². The average Bonchev–Trinajstić information content (AvgIpc) is 2.92. The summed E-state index contributed by atoms with van der Waals surface area (Å²) in [5.41, 5.74) is 2.94. The van der Waals surface area contributed by atoms with Gasteiger partial charge >= 0.3 is 6.03 Å². The highest BCUT2D eigenvalue weighted by Crippen LogP contribution is 2.24. The van der Waals surface area contributed by atoms with Gasteiger partial charge in [-0.1, -0.05) is 30.3 Å². The number of halogens is 1. The Hall–Kier alpha value is -2.89. The van der Waals surface area contributed by atoms with Crippen LogP contribution in [-0.2, 0) is 4.79 Å². The molecule has 0 aliphatic carbocycles. The molecule has 1 aliphatic rings. The van der Waals surface area contributed by atoms with E-state index in [1.807, 2.05) is 32.0 Å². The molecule has 6 heteroatoms. The van der Waals surface area contributed by atoms with E-state index in [1.54, 1.807) is 18.2 Å². The smallest absolute Gasteiger partial charge is 0.324 e. The standard InChI is InChI=1S/C19H20FN3O2/c1-13-6-5-7-14(2)18(13)21-17(24)12-22-10-11-23(19(22)25)16-9-4-3-8-15(16)20/h3-9H,10-12H2,1-2H3,(H,21,24). The second-order valence-corrected chi connectivity index (χ2v) is 6.12. The summed E-state index contributed by atoms with van der Waals surface area (Å²) in [6.45, 7) is 4.52. The third-order valence-electron chi connectivity index (χ3n) is 4.32. The summed E-state index contributed by atoms with van der Waals surface area (Å²) in [7, 11) is 0. The minimum absolute atomic E-state index is 0.0580. The van der Waals surface area contributed by atoms with Gasteiger partial charge in [-0.2, -0.15) is 0 Å². The van der Waals surface area contributed by atoms with Crippen molar-refractivity contribution in [2.24, 2.45) is 0 Å². The Morgan fingerprint density at radius 3 is 2.44 bits per heavy atom. The zero-order valence-corrected chi connectivity index (χ0v) is 14.3. The Balaban J connectivity index is 1.67. The Morgan fingerprint density at radius 2 is 1.76 bits per heavy atom. The molecule has 1 aliphatic heterocycles. The van der Waals surface area contributed by atoms with E-state index in [1.165, 1.54) is 15.9 Å². The predicted octanol–water partition coefficient (Wildman–Crippen LogP) is 3.32. The van der Waals surface area contributed by atoms with E-state index in [9.17, 15) is 14.0 Å². The van der Waals surface area contributed by atoms with Gasteiger partial charge in [-0.15, -0.1) is 0 Å². The van der Waals surface area contributed by atoms with Gasteiger partial charge in [0.1, 0.15) is 12.4 Å². The van der Waals surface area contributed by atoms with Crippen molar-refractivity contribution in [1.29, 1.82) is 0 Å². The van der Waals surface area contributed by atoms with Crippen LogP contribution in [0.2, 0.25) is 0 Å². The monoisotopic (exact) mass is 341 g/mol. The Bertz CT molecular complexity index is 802. The van der Waals surface area contributed by atoms with E-state index >= 15 is 0 Å². The molecule has 2 aromatic rings. The fourth-order valence-electron chi connectivity index (χ4n) is 2.99. The largest absolute Gasteiger partial charge is 0.325 e. The summed E-state index contributed by atoms with van der Waals surface area (Å²) >= 11 is 0. The summed E-state index contributed by atoms with van der Waals surface area (Å²) in [5.74, 6) is -0.709. The molecular formula is C19H20FN3O2. The number of aryl methyl sites for hydroxylation is 2. The normalized spacial score (nSPS) is 14.1. The second-order valence-electron chi connectivity index (χ2n) is 6.12. The average molecular weight is 341 g/mol. The number of nitrogens with one attached hydrogen (secondary N) is 1. The number of hydrogen-bond donors (Lipinski definition) is 1. The number of carbonyl (C=O) groups is 2. The number of rotatable bonds is 4. The molecule has 1 saturated heterocycles. The summed E-state index contributed by atoms with van der Waals surface area (Å²) < 4.78 is 13.9. The maximum Gasteiger partial charge on any atom is 0.325 e. The topological polar surface area (TPSA) is 52.7 Å². The Labute approximate surface area is 146 Å². The van der Waals surface area contributed by atoms with E-state index < -0.39 is 5.82 Å². The molecule has 0 radical (unpaired) electrons. The Morgan fingerprint density at radius 1 is 1.08 bits per heavy atom. The minimum atomic E-state index is -0.447. The lowest BCUT2D eigenvalue weighted by atomic mass is 10.1. The first-order chi connectivity index (χ1) is 12.0. The highest BCUT2D eigenvalue weighted by Gasteiger charge is 2.32. The first kappa shape index (κ1) is 17.0. The number of amides is 3. The van der Waals surface area contributed by atoms with E-state index in [4.69, 9.17) is 0 Å². The van der Waals surface area contributed by atoms with Crippen molar-refractivity contribution in [2.45, 2.75) is 13.8 Å². The van der Waals surface area contributed by atoms with E-state index in [-0.39, 0.29) is 24.2 Å². The lowest BCUT2D eigenvalue weighted by molar-refractivity contribution is -0.116. The first-order valence-corrected chi connectivity index (χ1v) is 8.14. The summed E-state index contributed by atoms with van der Waals surface area (Å²) in [5, 5.41) is 2.87.